The summed E-state index contributed by atoms with van der Waals surface area (Å²) in [7, 11) is 3.93. The Bertz CT molecular complexity index is 592. The van der Waals surface area contributed by atoms with Gasteiger partial charge in [0.05, 0.1) is 0 Å². The fraction of sp³-hybridized carbons (Fsp3) is 0.188. The topological polar surface area (TPSA) is 67.6 Å². The van der Waals surface area contributed by atoms with E-state index in [1.54, 1.807) is 24.3 Å². The van der Waals surface area contributed by atoms with Gasteiger partial charge in [0.25, 0.3) is 5.91 Å². The maximum atomic E-state index is 11.8. The molecular weight excluding hydrogens is 266 g/mol. The number of amides is 1. The van der Waals surface area contributed by atoms with Gasteiger partial charge in [0.2, 0.25) is 0 Å². The summed E-state index contributed by atoms with van der Waals surface area (Å²) in [5.74, 6) is 0.409. The van der Waals surface area contributed by atoms with E-state index >= 15 is 0 Å². The lowest BCUT2D eigenvalue weighted by molar-refractivity contribution is -0.118. The van der Waals surface area contributed by atoms with Crippen LogP contribution < -0.4 is 20.7 Å². The Morgan fingerprint density at radius 1 is 1.10 bits per heavy atom. The zero-order valence-electron chi connectivity index (χ0n) is 12.2. The summed E-state index contributed by atoms with van der Waals surface area (Å²) in [5.41, 5.74) is 8.06. The van der Waals surface area contributed by atoms with Crippen molar-refractivity contribution in [2.45, 2.75) is 0 Å². The van der Waals surface area contributed by atoms with Crippen LogP contribution in [0, 0.1) is 0 Å². The lowest BCUT2D eigenvalue weighted by Crippen LogP contribution is -2.20. The van der Waals surface area contributed by atoms with Crippen molar-refractivity contribution >= 4 is 23.0 Å². The highest BCUT2D eigenvalue weighted by molar-refractivity contribution is 5.92. The molecule has 0 aliphatic heterocycles. The molecule has 110 valence electrons. The minimum Gasteiger partial charge on any atom is -0.484 e. The van der Waals surface area contributed by atoms with Crippen molar-refractivity contribution in [3.05, 3.63) is 48.5 Å². The monoisotopic (exact) mass is 285 g/mol. The molecule has 0 saturated heterocycles. The zero-order valence-corrected chi connectivity index (χ0v) is 12.2. The van der Waals surface area contributed by atoms with Crippen molar-refractivity contribution in [1.29, 1.82) is 0 Å². The third kappa shape index (κ3) is 4.42. The highest BCUT2D eigenvalue weighted by Gasteiger charge is 2.04. The molecule has 0 aromatic heterocycles. The first kappa shape index (κ1) is 14.7. The molecule has 2 aromatic rings. The Balaban J connectivity index is 1.85. The summed E-state index contributed by atoms with van der Waals surface area (Å²) in [6.45, 7) is -0.0423. The molecular formula is C16H19N3O2. The highest BCUT2D eigenvalue weighted by atomic mass is 16.5. The highest BCUT2D eigenvalue weighted by Crippen LogP contribution is 2.16. The molecule has 5 heteroatoms. The molecule has 0 unspecified atom stereocenters. The number of nitrogen functional groups attached to an aromatic ring is 1. The molecule has 0 atom stereocenters. The molecule has 0 fully saturated rings. The van der Waals surface area contributed by atoms with Gasteiger partial charge in [0, 0.05) is 31.2 Å². The van der Waals surface area contributed by atoms with Crippen LogP contribution in [0.25, 0.3) is 0 Å². The summed E-state index contributed by atoms with van der Waals surface area (Å²) in [4.78, 5) is 13.8. The van der Waals surface area contributed by atoms with Gasteiger partial charge in [-0.2, -0.15) is 0 Å². The second-order valence-electron chi connectivity index (χ2n) is 4.85. The molecule has 0 saturated carbocycles. The van der Waals surface area contributed by atoms with Crippen molar-refractivity contribution in [1.82, 2.24) is 0 Å². The first-order valence-corrected chi connectivity index (χ1v) is 6.60. The summed E-state index contributed by atoms with van der Waals surface area (Å²) >= 11 is 0. The first-order chi connectivity index (χ1) is 10.0. The smallest absolute Gasteiger partial charge is 0.262 e. The van der Waals surface area contributed by atoms with Crippen LogP contribution in [0.1, 0.15) is 0 Å². The van der Waals surface area contributed by atoms with E-state index in [9.17, 15) is 4.79 Å². The predicted octanol–water partition coefficient (Wildman–Crippen LogP) is 2.35. The van der Waals surface area contributed by atoms with Crippen LogP contribution in [0.5, 0.6) is 5.75 Å². The standard InChI is InChI=1S/C16H19N3O2/c1-19(2)14-7-5-13(6-8-14)18-16(20)11-21-15-9-3-12(17)4-10-15/h3-10H,11,17H2,1-2H3,(H,18,20). The van der Waals surface area contributed by atoms with E-state index in [1.807, 2.05) is 43.3 Å². The molecule has 21 heavy (non-hydrogen) atoms. The number of benzene rings is 2. The Kier molecular flexibility index (Phi) is 4.66. The maximum absolute atomic E-state index is 11.8. The van der Waals surface area contributed by atoms with Crippen LogP contribution in [0.2, 0.25) is 0 Å². The minimum absolute atomic E-state index is 0.0423. The summed E-state index contributed by atoms with van der Waals surface area (Å²) in [6, 6.07) is 14.5. The Morgan fingerprint density at radius 3 is 2.29 bits per heavy atom. The fourth-order valence-electron chi connectivity index (χ4n) is 1.75. The van der Waals surface area contributed by atoms with E-state index < -0.39 is 0 Å². The quantitative estimate of drug-likeness (QED) is 0.828. The number of carbonyl (C=O) groups is 1. The fourth-order valence-corrected chi connectivity index (χ4v) is 1.75. The van der Waals surface area contributed by atoms with Crippen LogP contribution in [0.3, 0.4) is 0 Å². The van der Waals surface area contributed by atoms with Crippen molar-refractivity contribution in [2.24, 2.45) is 0 Å². The van der Waals surface area contributed by atoms with Crippen LogP contribution in [-0.4, -0.2) is 26.6 Å². The van der Waals surface area contributed by atoms with Gasteiger partial charge in [-0.25, -0.2) is 0 Å². The number of hydrogen-bond acceptors (Lipinski definition) is 4. The number of anilines is 3. The third-order valence-corrected chi connectivity index (χ3v) is 2.92. The molecule has 0 bridgehead atoms. The van der Waals surface area contributed by atoms with E-state index in [1.165, 1.54) is 0 Å². The van der Waals surface area contributed by atoms with E-state index in [-0.39, 0.29) is 12.5 Å². The summed E-state index contributed by atoms with van der Waals surface area (Å²) in [5, 5.41) is 2.78. The number of nitrogens with one attached hydrogen (secondary N) is 1. The zero-order chi connectivity index (χ0) is 15.2. The second-order valence-corrected chi connectivity index (χ2v) is 4.85. The Morgan fingerprint density at radius 2 is 1.71 bits per heavy atom. The maximum Gasteiger partial charge on any atom is 0.262 e. The van der Waals surface area contributed by atoms with Crippen LogP contribution in [-0.2, 0) is 4.79 Å². The Labute approximate surface area is 124 Å². The van der Waals surface area contributed by atoms with Crippen molar-refractivity contribution in [2.75, 3.05) is 36.7 Å². The van der Waals surface area contributed by atoms with Crippen molar-refractivity contribution in [3.8, 4) is 5.75 Å². The summed E-state index contributed by atoms with van der Waals surface area (Å²) < 4.78 is 5.38. The molecule has 0 aliphatic rings. The number of nitrogens with zero attached hydrogens (tertiary/aromatic N) is 1. The predicted molar refractivity (Wildman–Crippen MR) is 85.7 cm³/mol. The largest absolute Gasteiger partial charge is 0.484 e. The molecule has 3 N–H and O–H groups in total. The third-order valence-electron chi connectivity index (χ3n) is 2.92. The molecule has 5 nitrogen and oxygen atoms in total. The lowest BCUT2D eigenvalue weighted by atomic mass is 10.2. The number of carbonyl (C=O) groups excluding carboxylic acids is 1. The average molecular weight is 285 g/mol. The van der Waals surface area contributed by atoms with E-state index in [2.05, 4.69) is 5.32 Å². The number of hydrogen-bond donors (Lipinski definition) is 2. The SMILES string of the molecule is CN(C)c1ccc(NC(=O)COc2ccc(N)cc2)cc1. The summed E-state index contributed by atoms with van der Waals surface area (Å²) in [6.07, 6.45) is 0. The number of rotatable bonds is 5. The van der Waals surface area contributed by atoms with Gasteiger partial charge in [-0.3, -0.25) is 4.79 Å². The van der Waals surface area contributed by atoms with Gasteiger partial charge in [-0.05, 0) is 48.5 Å². The van der Waals surface area contributed by atoms with Gasteiger partial charge in [0.15, 0.2) is 6.61 Å². The molecule has 0 radical (unpaired) electrons. The van der Waals surface area contributed by atoms with Gasteiger partial charge in [0.1, 0.15) is 5.75 Å². The molecule has 2 aromatic carbocycles. The van der Waals surface area contributed by atoms with E-state index in [0.29, 0.717) is 11.4 Å². The van der Waals surface area contributed by atoms with Gasteiger partial charge in [-0.15, -0.1) is 0 Å². The van der Waals surface area contributed by atoms with Gasteiger partial charge in [-0.1, -0.05) is 0 Å². The van der Waals surface area contributed by atoms with Crippen molar-refractivity contribution in [3.63, 3.8) is 0 Å². The molecule has 1 amide bonds. The van der Waals surface area contributed by atoms with Crippen LogP contribution >= 0.6 is 0 Å². The minimum atomic E-state index is -0.204. The molecule has 0 aliphatic carbocycles. The number of nitrogens with two attached hydrogens (primary N) is 1. The second kappa shape index (κ2) is 6.65. The van der Waals surface area contributed by atoms with Gasteiger partial charge < -0.3 is 20.7 Å². The average Bonchev–Trinajstić information content (AvgIpc) is 2.47. The van der Waals surface area contributed by atoms with Gasteiger partial charge >= 0.3 is 0 Å². The normalized spacial score (nSPS) is 10.0. The number of ether oxygens (including phenoxy) is 1. The lowest BCUT2D eigenvalue weighted by Gasteiger charge is -2.13. The van der Waals surface area contributed by atoms with Crippen LogP contribution in [0.4, 0.5) is 17.1 Å². The van der Waals surface area contributed by atoms with E-state index in [4.69, 9.17) is 10.5 Å². The Hall–Kier alpha value is -2.69. The molecule has 0 heterocycles. The first-order valence-electron chi connectivity index (χ1n) is 6.60. The van der Waals surface area contributed by atoms with Crippen molar-refractivity contribution < 1.29 is 9.53 Å². The molecule has 0 spiro atoms. The van der Waals surface area contributed by atoms with E-state index in [0.717, 1.165) is 11.4 Å². The molecule has 2 rings (SSSR count). The van der Waals surface area contributed by atoms with Crippen LogP contribution in [0.15, 0.2) is 48.5 Å².